The Bertz CT molecular complexity index is 241. The van der Waals surface area contributed by atoms with Gasteiger partial charge < -0.3 is 9.64 Å². The molecule has 0 aromatic rings. The molecule has 0 aliphatic carbocycles. The van der Waals surface area contributed by atoms with Crippen molar-refractivity contribution in [1.82, 2.24) is 4.90 Å². The number of unbranched alkanes of at least 4 members (excludes halogenated alkanes) is 2. The largest absolute Gasteiger partial charge is 0.446 e. The van der Waals surface area contributed by atoms with Crippen LogP contribution in [0.2, 0.25) is 0 Å². The van der Waals surface area contributed by atoms with Crippen LogP contribution in [0.5, 0.6) is 0 Å². The number of hydrogen-bond donors (Lipinski definition) is 0. The van der Waals surface area contributed by atoms with E-state index in [4.69, 9.17) is 4.74 Å². The maximum absolute atomic E-state index is 11.9. The maximum Gasteiger partial charge on any atom is 0.409 e. The van der Waals surface area contributed by atoms with Crippen molar-refractivity contribution in [1.29, 1.82) is 0 Å². The monoisotopic (exact) mass is 271 g/mol. The first kappa shape index (κ1) is 18.3. The van der Waals surface area contributed by atoms with Crippen LogP contribution in [0.1, 0.15) is 66.7 Å². The fourth-order valence-electron chi connectivity index (χ4n) is 2.37. The van der Waals surface area contributed by atoms with E-state index in [0.717, 1.165) is 12.8 Å². The minimum atomic E-state index is -0.185. The number of nitrogens with zero attached hydrogens (tertiary/aromatic N) is 1. The van der Waals surface area contributed by atoms with Gasteiger partial charge in [-0.05, 0) is 31.6 Å². The Labute approximate surface area is 119 Å². The highest BCUT2D eigenvalue weighted by Crippen LogP contribution is 2.26. The Balaban J connectivity index is 4.53. The standard InChI is InChI=1S/C16H33NO2/c1-7-10-11-12-14(8-2)15(13(4)5)19-16(18)17(6)9-3/h13-15H,7-12H2,1-6H3. The van der Waals surface area contributed by atoms with Gasteiger partial charge in [-0.3, -0.25) is 0 Å². The molecule has 0 N–H and O–H groups in total. The Morgan fingerprint density at radius 3 is 2.21 bits per heavy atom. The molecule has 0 aliphatic rings. The van der Waals surface area contributed by atoms with Gasteiger partial charge in [-0.25, -0.2) is 4.79 Å². The highest BCUT2D eigenvalue weighted by atomic mass is 16.6. The molecule has 3 heteroatoms. The van der Waals surface area contributed by atoms with Crippen LogP contribution in [0.3, 0.4) is 0 Å². The summed E-state index contributed by atoms with van der Waals surface area (Å²) in [5.41, 5.74) is 0. The summed E-state index contributed by atoms with van der Waals surface area (Å²) >= 11 is 0. The van der Waals surface area contributed by atoms with Crippen molar-refractivity contribution >= 4 is 6.09 Å². The molecule has 0 fully saturated rings. The van der Waals surface area contributed by atoms with Crippen molar-refractivity contribution in [2.24, 2.45) is 11.8 Å². The quantitative estimate of drug-likeness (QED) is 0.569. The second-order valence-electron chi connectivity index (χ2n) is 5.77. The first-order valence-corrected chi connectivity index (χ1v) is 7.89. The van der Waals surface area contributed by atoms with E-state index < -0.39 is 0 Å². The number of ether oxygens (including phenoxy) is 1. The molecule has 114 valence electrons. The predicted molar refractivity (Wildman–Crippen MR) is 81.3 cm³/mol. The summed E-state index contributed by atoms with van der Waals surface area (Å²) in [4.78, 5) is 13.6. The lowest BCUT2D eigenvalue weighted by Gasteiger charge is -2.31. The SMILES string of the molecule is CCCCCC(CC)C(OC(=O)N(C)CC)C(C)C. The third kappa shape index (κ3) is 6.84. The molecule has 0 saturated carbocycles. The predicted octanol–water partition coefficient (Wildman–Crippen LogP) is 4.71. The minimum absolute atomic E-state index is 0.0448. The van der Waals surface area contributed by atoms with Gasteiger partial charge in [0.1, 0.15) is 6.10 Å². The molecule has 19 heavy (non-hydrogen) atoms. The summed E-state index contributed by atoms with van der Waals surface area (Å²) < 4.78 is 5.74. The lowest BCUT2D eigenvalue weighted by Crippen LogP contribution is -2.37. The summed E-state index contributed by atoms with van der Waals surface area (Å²) in [7, 11) is 1.79. The van der Waals surface area contributed by atoms with Crippen LogP contribution in [0.25, 0.3) is 0 Å². The fourth-order valence-corrected chi connectivity index (χ4v) is 2.37. The van der Waals surface area contributed by atoms with Gasteiger partial charge in [0.25, 0.3) is 0 Å². The molecule has 0 aliphatic heterocycles. The normalized spacial score (nSPS) is 14.3. The smallest absolute Gasteiger partial charge is 0.409 e. The molecule has 0 aromatic carbocycles. The summed E-state index contributed by atoms with van der Waals surface area (Å²) in [6.07, 6.45) is 5.84. The second kappa shape index (κ2) is 10.1. The van der Waals surface area contributed by atoms with E-state index >= 15 is 0 Å². The van der Waals surface area contributed by atoms with Crippen LogP contribution < -0.4 is 0 Å². The van der Waals surface area contributed by atoms with E-state index in [0.29, 0.717) is 18.4 Å². The minimum Gasteiger partial charge on any atom is -0.446 e. The number of carbonyl (C=O) groups is 1. The summed E-state index contributed by atoms with van der Waals surface area (Å²) in [6, 6.07) is 0. The molecule has 3 nitrogen and oxygen atoms in total. The van der Waals surface area contributed by atoms with E-state index in [1.807, 2.05) is 6.92 Å². The molecule has 0 aromatic heterocycles. The van der Waals surface area contributed by atoms with Crippen LogP contribution >= 0.6 is 0 Å². The zero-order valence-corrected chi connectivity index (χ0v) is 13.7. The molecular weight excluding hydrogens is 238 g/mol. The average molecular weight is 271 g/mol. The Morgan fingerprint density at radius 2 is 1.79 bits per heavy atom. The zero-order chi connectivity index (χ0) is 14.8. The average Bonchev–Trinajstić information content (AvgIpc) is 2.40. The number of hydrogen-bond acceptors (Lipinski definition) is 2. The van der Waals surface area contributed by atoms with E-state index in [1.54, 1.807) is 11.9 Å². The summed E-state index contributed by atoms with van der Waals surface area (Å²) in [6.45, 7) is 11.4. The first-order valence-electron chi connectivity index (χ1n) is 7.89. The van der Waals surface area contributed by atoms with Crippen molar-refractivity contribution in [3.8, 4) is 0 Å². The van der Waals surface area contributed by atoms with Gasteiger partial charge >= 0.3 is 6.09 Å². The molecule has 0 spiro atoms. The molecule has 0 radical (unpaired) electrons. The first-order chi connectivity index (χ1) is 8.97. The topological polar surface area (TPSA) is 29.5 Å². The van der Waals surface area contributed by atoms with Crippen molar-refractivity contribution in [2.45, 2.75) is 72.8 Å². The van der Waals surface area contributed by atoms with Crippen LogP contribution in [-0.2, 0) is 4.74 Å². The van der Waals surface area contributed by atoms with Crippen molar-refractivity contribution in [2.75, 3.05) is 13.6 Å². The van der Waals surface area contributed by atoms with Gasteiger partial charge in [0.2, 0.25) is 0 Å². The lowest BCUT2D eigenvalue weighted by molar-refractivity contribution is 0.0104. The number of rotatable bonds is 9. The van der Waals surface area contributed by atoms with Crippen LogP contribution in [-0.4, -0.2) is 30.7 Å². The molecule has 0 heterocycles. The zero-order valence-electron chi connectivity index (χ0n) is 13.7. The van der Waals surface area contributed by atoms with Gasteiger partial charge in [0, 0.05) is 13.6 Å². The Kier molecular flexibility index (Phi) is 9.72. The van der Waals surface area contributed by atoms with Gasteiger partial charge in [-0.1, -0.05) is 47.0 Å². The van der Waals surface area contributed by atoms with E-state index in [-0.39, 0.29) is 12.2 Å². The highest BCUT2D eigenvalue weighted by molar-refractivity contribution is 5.67. The van der Waals surface area contributed by atoms with Crippen LogP contribution in [0.4, 0.5) is 4.79 Å². The third-order valence-corrected chi connectivity index (χ3v) is 3.85. The van der Waals surface area contributed by atoms with Crippen molar-refractivity contribution < 1.29 is 9.53 Å². The summed E-state index contributed by atoms with van der Waals surface area (Å²) in [5, 5.41) is 0. The maximum atomic E-state index is 11.9. The highest BCUT2D eigenvalue weighted by Gasteiger charge is 2.27. The molecular formula is C16H33NO2. The van der Waals surface area contributed by atoms with Crippen molar-refractivity contribution in [3.63, 3.8) is 0 Å². The van der Waals surface area contributed by atoms with E-state index in [9.17, 15) is 4.79 Å². The van der Waals surface area contributed by atoms with Gasteiger partial charge in [-0.15, -0.1) is 0 Å². The second-order valence-corrected chi connectivity index (χ2v) is 5.77. The molecule has 0 rings (SSSR count). The van der Waals surface area contributed by atoms with Gasteiger partial charge in [0.05, 0.1) is 0 Å². The van der Waals surface area contributed by atoms with Gasteiger partial charge in [0.15, 0.2) is 0 Å². The van der Waals surface area contributed by atoms with Crippen LogP contribution in [0.15, 0.2) is 0 Å². The fraction of sp³-hybridized carbons (Fsp3) is 0.938. The molecule has 2 unspecified atom stereocenters. The van der Waals surface area contributed by atoms with E-state index in [2.05, 4.69) is 27.7 Å². The van der Waals surface area contributed by atoms with Crippen LogP contribution in [0, 0.1) is 11.8 Å². The number of carbonyl (C=O) groups excluding carboxylic acids is 1. The lowest BCUT2D eigenvalue weighted by atomic mass is 9.87. The molecule has 0 bridgehead atoms. The Hall–Kier alpha value is -0.730. The Morgan fingerprint density at radius 1 is 1.16 bits per heavy atom. The van der Waals surface area contributed by atoms with Crippen molar-refractivity contribution in [3.05, 3.63) is 0 Å². The third-order valence-electron chi connectivity index (χ3n) is 3.85. The van der Waals surface area contributed by atoms with E-state index in [1.165, 1.54) is 19.3 Å². The van der Waals surface area contributed by atoms with Gasteiger partial charge in [-0.2, -0.15) is 0 Å². The molecule has 1 amide bonds. The number of amides is 1. The summed E-state index contributed by atoms with van der Waals surface area (Å²) in [5.74, 6) is 0.863. The molecule has 2 atom stereocenters. The molecule has 0 saturated heterocycles.